The number of anilines is 2. The monoisotopic (exact) mass is 167 g/mol. The molecule has 0 amide bonds. The van der Waals surface area contributed by atoms with E-state index in [-0.39, 0.29) is 0 Å². The van der Waals surface area contributed by atoms with Crippen molar-refractivity contribution in [1.82, 2.24) is 14.1 Å². The van der Waals surface area contributed by atoms with Gasteiger partial charge in [0.05, 0.1) is 6.20 Å². The Morgan fingerprint density at radius 2 is 2.17 bits per heavy atom. The zero-order valence-electron chi connectivity index (χ0n) is 6.56. The normalized spacial score (nSPS) is 10.8. The van der Waals surface area contributed by atoms with E-state index in [0.29, 0.717) is 17.4 Å². The maximum atomic E-state index is 5.59. The van der Waals surface area contributed by atoms with Gasteiger partial charge in [-0.05, 0) is 0 Å². The van der Waals surface area contributed by atoms with Gasteiger partial charge in [0, 0.05) is 6.20 Å². The highest BCUT2D eigenvalue weighted by molar-refractivity contribution is 5.65. The van der Waals surface area contributed by atoms with E-state index in [4.69, 9.17) is 16.3 Å². The number of nitrogen functional groups attached to an aromatic ring is 2. The smallest absolute Gasteiger partial charge is 0.208 e. The highest BCUT2D eigenvalue weighted by Gasteiger charge is 2.10. The van der Waals surface area contributed by atoms with Crippen LogP contribution in [0.4, 0.5) is 11.8 Å². The number of aromatic nitrogens is 3. The maximum Gasteiger partial charge on any atom is 0.208 e. The molecular formula is C6H9N5O. The van der Waals surface area contributed by atoms with Gasteiger partial charge in [-0.1, -0.05) is 0 Å². The van der Waals surface area contributed by atoms with E-state index < -0.39 is 0 Å². The van der Waals surface area contributed by atoms with Crippen LogP contribution in [0.1, 0.15) is 0 Å². The van der Waals surface area contributed by atoms with E-state index in [0.717, 1.165) is 0 Å². The summed E-state index contributed by atoms with van der Waals surface area (Å²) in [5, 5.41) is 0. The zero-order chi connectivity index (χ0) is 8.72. The van der Waals surface area contributed by atoms with Crippen LogP contribution in [0.5, 0.6) is 0 Å². The largest absolute Gasteiger partial charge is 0.415 e. The molecule has 0 atom stereocenters. The van der Waals surface area contributed by atoms with Gasteiger partial charge in [-0.15, -0.1) is 0 Å². The van der Waals surface area contributed by atoms with E-state index in [1.807, 2.05) is 0 Å². The number of imidazole rings is 2. The molecule has 0 radical (unpaired) electrons. The lowest BCUT2D eigenvalue weighted by Crippen LogP contribution is -2.04. The van der Waals surface area contributed by atoms with Crippen molar-refractivity contribution in [2.45, 2.75) is 0 Å². The van der Waals surface area contributed by atoms with Crippen molar-refractivity contribution >= 4 is 17.4 Å². The van der Waals surface area contributed by atoms with Gasteiger partial charge in [0.15, 0.2) is 11.5 Å². The molecule has 0 saturated heterocycles. The number of rotatable bonds is 1. The minimum Gasteiger partial charge on any atom is -0.415 e. The Balaban J connectivity index is 2.84. The Morgan fingerprint density at radius 1 is 1.42 bits per heavy atom. The van der Waals surface area contributed by atoms with Gasteiger partial charge in [-0.25, -0.2) is 0 Å². The predicted octanol–water partition coefficient (Wildman–Crippen LogP) is -0.641. The van der Waals surface area contributed by atoms with E-state index in [1.54, 1.807) is 23.9 Å². The van der Waals surface area contributed by atoms with Gasteiger partial charge in [0.2, 0.25) is 5.95 Å². The van der Waals surface area contributed by atoms with Gasteiger partial charge in [-0.3, -0.25) is 4.40 Å². The van der Waals surface area contributed by atoms with Crippen molar-refractivity contribution in [3.8, 4) is 0 Å². The van der Waals surface area contributed by atoms with Crippen molar-refractivity contribution in [2.75, 3.05) is 18.6 Å². The molecule has 2 aromatic heterocycles. The lowest BCUT2D eigenvalue weighted by atomic mass is 10.7. The summed E-state index contributed by atoms with van der Waals surface area (Å²) < 4.78 is 3.15. The molecule has 0 aromatic carbocycles. The fourth-order valence-electron chi connectivity index (χ4n) is 1.17. The first-order valence-electron chi connectivity index (χ1n) is 3.39. The van der Waals surface area contributed by atoms with E-state index in [9.17, 15) is 0 Å². The Bertz CT molecular complexity index is 415. The molecule has 0 aliphatic carbocycles. The van der Waals surface area contributed by atoms with Gasteiger partial charge >= 0.3 is 0 Å². The quantitative estimate of drug-likeness (QED) is 0.591. The standard InChI is InChI=1S/C6H9N5O/c1-12-11-3-2-10-5(11)4(7)9-6(10)8/h2-3H,7H2,1H3,(H2,8,9). The molecule has 2 aromatic rings. The lowest BCUT2D eigenvalue weighted by molar-refractivity contribution is 0.178. The molecule has 6 heteroatoms. The zero-order valence-corrected chi connectivity index (χ0v) is 6.56. The third-order valence-electron chi connectivity index (χ3n) is 1.70. The highest BCUT2D eigenvalue weighted by Crippen LogP contribution is 2.15. The average molecular weight is 167 g/mol. The van der Waals surface area contributed by atoms with Crippen molar-refractivity contribution in [1.29, 1.82) is 0 Å². The van der Waals surface area contributed by atoms with Gasteiger partial charge in [0.1, 0.15) is 7.11 Å². The van der Waals surface area contributed by atoms with Crippen molar-refractivity contribution in [3.63, 3.8) is 0 Å². The molecule has 0 aliphatic rings. The maximum absolute atomic E-state index is 5.59. The number of hydrogen-bond donors (Lipinski definition) is 2. The molecule has 64 valence electrons. The number of nitrogens with two attached hydrogens (primary N) is 2. The van der Waals surface area contributed by atoms with Crippen LogP contribution in [0.15, 0.2) is 12.4 Å². The van der Waals surface area contributed by atoms with E-state index in [1.165, 1.54) is 4.73 Å². The first-order chi connectivity index (χ1) is 5.74. The second kappa shape index (κ2) is 2.07. The molecule has 0 bridgehead atoms. The Labute approximate surface area is 68.3 Å². The first kappa shape index (κ1) is 6.84. The number of fused-ring (bicyclic) bond motifs is 1. The molecule has 2 heterocycles. The van der Waals surface area contributed by atoms with Crippen LogP contribution in [0.2, 0.25) is 0 Å². The fraction of sp³-hybridized carbons (Fsp3) is 0.167. The van der Waals surface area contributed by atoms with Crippen molar-refractivity contribution < 1.29 is 4.84 Å². The SMILES string of the molecule is COn1ccn2c(N)nc(N)c12. The summed E-state index contributed by atoms with van der Waals surface area (Å²) in [6.45, 7) is 0. The first-order valence-corrected chi connectivity index (χ1v) is 3.39. The molecule has 0 fully saturated rings. The molecule has 4 N–H and O–H groups in total. The molecule has 6 nitrogen and oxygen atoms in total. The van der Waals surface area contributed by atoms with E-state index in [2.05, 4.69) is 4.98 Å². The van der Waals surface area contributed by atoms with Crippen LogP contribution in [0.3, 0.4) is 0 Å². The molecule has 0 spiro atoms. The van der Waals surface area contributed by atoms with Crippen LogP contribution in [0.25, 0.3) is 5.65 Å². The molecule has 12 heavy (non-hydrogen) atoms. The Kier molecular flexibility index (Phi) is 1.18. The topological polar surface area (TPSA) is 83.5 Å². The van der Waals surface area contributed by atoms with E-state index >= 15 is 0 Å². The molecule has 0 aliphatic heterocycles. The summed E-state index contributed by atoms with van der Waals surface area (Å²) in [7, 11) is 1.54. The number of hydrogen-bond acceptors (Lipinski definition) is 4. The van der Waals surface area contributed by atoms with Gasteiger partial charge < -0.3 is 16.3 Å². The predicted molar refractivity (Wildman–Crippen MR) is 44.5 cm³/mol. The fourth-order valence-corrected chi connectivity index (χ4v) is 1.17. The molecular weight excluding hydrogens is 158 g/mol. The molecule has 0 unspecified atom stereocenters. The summed E-state index contributed by atoms with van der Waals surface area (Å²) in [6.07, 6.45) is 3.45. The summed E-state index contributed by atoms with van der Waals surface area (Å²) in [5.41, 5.74) is 11.8. The molecule has 0 saturated carbocycles. The van der Waals surface area contributed by atoms with Crippen molar-refractivity contribution in [2.24, 2.45) is 0 Å². The number of nitrogens with zero attached hydrogens (tertiary/aromatic N) is 3. The third kappa shape index (κ3) is 0.659. The minimum atomic E-state index is 0.360. The molecule has 2 rings (SSSR count). The summed E-state index contributed by atoms with van der Waals surface area (Å²) in [6, 6.07) is 0. The lowest BCUT2D eigenvalue weighted by Gasteiger charge is -1.98. The summed E-state index contributed by atoms with van der Waals surface area (Å²) in [5.74, 6) is 0.720. The van der Waals surface area contributed by atoms with Crippen LogP contribution < -0.4 is 16.3 Å². The second-order valence-electron chi connectivity index (χ2n) is 2.36. The van der Waals surface area contributed by atoms with Crippen LogP contribution in [-0.2, 0) is 0 Å². The van der Waals surface area contributed by atoms with Crippen molar-refractivity contribution in [3.05, 3.63) is 12.4 Å². The summed E-state index contributed by atoms with van der Waals surface area (Å²) in [4.78, 5) is 8.86. The summed E-state index contributed by atoms with van der Waals surface area (Å²) >= 11 is 0. The van der Waals surface area contributed by atoms with Crippen LogP contribution >= 0.6 is 0 Å². The van der Waals surface area contributed by atoms with Gasteiger partial charge in [0.25, 0.3) is 0 Å². The van der Waals surface area contributed by atoms with Gasteiger partial charge in [-0.2, -0.15) is 9.71 Å². The third-order valence-corrected chi connectivity index (χ3v) is 1.70. The minimum absolute atomic E-state index is 0.360. The average Bonchev–Trinajstić information content (AvgIpc) is 2.55. The Hall–Kier alpha value is -1.85. The Morgan fingerprint density at radius 3 is 2.83 bits per heavy atom. The second-order valence-corrected chi connectivity index (χ2v) is 2.36. The van der Waals surface area contributed by atoms with Crippen LogP contribution in [0, 0.1) is 0 Å². The highest BCUT2D eigenvalue weighted by atomic mass is 16.6. The van der Waals surface area contributed by atoms with Crippen LogP contribution in [-0.4, -0.2) is 21.2 Å².